The molecule has 0 aliphatic carbocycles. The third-order valence-corrected chi connectivity index (χ3v) is 2.94. The Labute approximate surface area is 116 Å². The van der Waals surface area contributed by atoms with E-state index in [1.54, 1.807) is 19.2 Å². The molecule has 5 nitrogen and oxygen atoms in total. The van der Waals surface area contributed by atoms with E-state index in [-0.39, 0.29) is 6.04 Å². The van der Waals surface area contributed by atoms with E-state index in [2.05, 4.69) is 10.1 Å². The van der Waals surface area contributed by atoms with E-state index in [0.717, 1.165) is 18.4 Å². The number of benzene rings is 1. The topological polar surface area (TPSA) is 74.2 Å². The van der Waals surface area contributed by atoms with Gasteiger partial charge in [-0.05, 0) is 25.0 Å². The van der Waals surface area contributed by atoms with Crippen molar-refractivity contribution in [3.05, 3.63) is 35.2 Å². The van der Waals surface area contributed by atoms with Crippen LogP contribution in [0.25, 0.3) is 11.4 Å². The number of hydrogen-bond acceptors (Lipinski definition) is 5. The van der Waals surface area contributed by atoms with Crippen LogP contribution >= 0.6 is 11.6 Å². The van der Waals surface area contributed by atoms with E-state index in [1.165, 1.54) is 0 Å². The lowest BCUT2D eigenvalue weighted by molar-refractivity contribution is 0.188. The zero-order valence-corrected chi connectivity index (χ0v) is 11.4. The molecule has 0 radical (unpaired) electrons. The van der Waals surface area contributed by atoms with Gasteiger partial charge in [0.1, 0.15) is 0 Å². The van der Waals surface area contributed by atoms with Crippen molar-refractivity contribution in [2.75, 3.05) is 13.7 Å². The number of aromatic nitrogens is 2. The second-order valence-corrected chi connectivity index (χ2v) is 4.64. The molecule has 2 aromatic rings. The second kappa shape index (κ2) is 6.65. The minimum absolute atomic E-state index is 0.268. The molecule has 0 amide bonds. The third-order valence-electron chi connectivity index (χ3n) is 2.71. The maximum Gasteiger partial charge on any atom is 0.243 e. The lowest BCUT2D eigenvalue weighted by atomic mass is 10.1. The van der Waals surface area contributed by atoms with Crippen molar-refractivity contribution < 1.29 is 9.26 Å². The van der Waals surface area contributed by atoms with Gasteiger partial charge in [0.25, 0.3) is 0 Å². The Hall–Kier alpha value is -1.43. The van der Waals surface area contributed by atoms with Gasteiger partial charge in [0, 0.05) is 24.3 Å². The summed E-state index contributed by atoms with van der Waals surface area (Å²) in [6.45, 7) is 0.670. The third kappa shape index (κ3) is 3.76. The van der Waals surface area contributed by atoms with E-state index in [0.29, 0.717) is 23.3 Å². The quantitative estimate of drug-likeness (QED) is 0.824. The first kappa shape index (κ1) is 14.0. The van der Waals surface area contributed by atoms with Crippen LogP contribution in [0, 0.1) is 0 Å². The van der Waals surface area contributed by atoms with Crippen molar-refractivity contribution in [3.63, 3.8) is 0 Å². The first-order valence-electron chi connectivity index (χ1n) is 6.05. The average molecular weight is 282 g/mol. The molecule has 0 aliphatic heterocycles. The summed E-state index contributed by atoms with van der Waals surface area (Å²) in [4.78, 5) is 4.30. The molecule has 2 rings (SSSR count). The molecule has 0 saturated heterocycles. The van der Waals surface area contributed by atoms with Gasteiger partial charge in [-0.1, -0.05) is 28.9 Å². The van der Waals surface area contributed by atoms with Crippen molar-refractivity contribution >= 4 is 11.6 Å². The van der Waals surface area contributed by atoms with Crippen molar-refractivity contribution in [2.45, 2.75) is 18.9 Å². The molecule has 1 unspecified atom stereocenters. The van der Waals surface area contributed by atoms with Gasteiger partial charge in [0.15, 0.2) is 0 Å². The zero-order chi connectivity index (χ0) is 13.7. The number of ether oxygens (including phenoxy) is 1. The Morgan fingerprint density at radius 2 is 2.32 bits per heavy atom. The van der Waals surface area contributed by atoms with Gasteiger partial charge < -0.3 is 15.0 Å². The summed E-state index contributed by atoms with van der Waals surface area (Å²) in [5.41, 5.74) is 6.79. The number of nitrogens with two attached hydrogens (primary N) is 1. The summed E-state index contributed by atoms with van der Waals surface area (Å²) in [6.07, 6.45) is 1.59. The predicted molar refractivity (Wildman–Crippen MR) is 72.8 cm³/mol. The van der Waals surface area contributed by atoms with Gasteiger partial charge in [0.2, 0.25) is 11.7 Å². The van der Waals surface area contributed by atoms with Crippen LogP contribution in [-0.4, -0.2) is 23.9 Å². The fourth-order valence-corrected chi connectivity index (χ4v) is 1.89. The van der Waals surface area contributed by atoms with Crippen LogP contribution in [0.4, 0.5) is 0 Å². The molecule has 1 aromatic carbocycles. The molecule has 0 aliphatic rings. The van der Waals surface area contributed by atoms with Crippen LogP contribution in [0.1, 0.15) is 24.8 Å². The summed E-state index contributed by atoms with van der Waals surface area (Å²) >= 11 is 5.92. The molecule has 0 spiro atoms. The average Bonchev–Trinajstić information content (AvgIpc) is 2.88. The molecule has 0 fully saturated rings. The molecule has 19 heavy (non-hydrogen) atoms. The van der Waals surface area contributed by atoms with Crippen LogP contribution in [0.15, 0.2) is 28.8 Å². The molecule has 1 atom stereocenters. The van der Waals surface area contributed by atoms with E-state index in [1.807, 2.05) is 12.1 Å². The van der Waals surface area contributed by atoms with Gasteiger partial charge in [-0.15, -0.1) is 0 Å². The molecular formula is C13H16ClN3O2. The molecule has 1 heterocycles. The smallest absolute Gasteiger partial charge is 0.243 e. The fraction of sp³-hybridized carbons (Fsp3) is 0.385. The van der Waals surface area contributed by atoms with Crippen LogP contribution < -0.4 is 5.73 Å². The number of halogens is 1. The normalized spacial score (nSPS) is 12.6. The van der Waals surface area contributed by atoms with E-state index in [9.17, 15) is 0 Å². The Morgan fingerprint density at radius 3 is 3.05 bits per heavy atom. The molecule has 1 aromatic heterocycles. The zero-order valence-electron chi connectivity index (χ0n) is 10.7. The summed E-state index contributed by atoms with van der Waals surface area (Å²) in [6, 6.07) is 7.02. The molecular weight excluding hydrogens is 266 g/mol. The van der Waals surface area contributed by atoms with E-state index < -0.39 is 0 Å². The van der Waals surface area contributed by atoms with E-state index in [4.69, 9.17) is 26.6 Å². The van der Waals surface area contributed by atoms with Crippen molar-refractivity contribution in [2.24, 2.45) is 5.73 Å². The minimum atomic E-state index is -0.268. The Balaban J connectivity index is 2.06. The summed E-state index contributed by atoms with van der Waals surface area (Å²) in [7, 11) is 1.66. The van der Waals surface area contributed by atoms with Crippen molar-refractivity contribution in [3.8, 4) is 11.4 Å². The number of rotatable bonds is 6. The van der Waals surface area contributed by atoms with Crippen LogP contribution in [-0.2, 0) is 4.74 Å². The van der Waals surface area contributed by atoms with E-state index >= 15 is 0 Å². The molecule has 0 bridgehead atoms. The Bertz CT molecular complexity index is 530. The second-order valence-electron chi connectivity index (χ2n) is 4.21. The van der Waals surface area contributed by atoms with Crippen molar-refractivity contribution in [1.29, 1.82) is 0 Å². The van der Waals surface area contributed by atoms with Crippen LogP contribution in [0.5, 0.6) is 0 Å². The standard InChI is InChI=1S/C13H16ClN3O2/c1-18-7-3-6-11(15)13-16-12(17-19-13)9-4-2-5-10(14)8-9/h2,4-5,8,11H,3,6-7,15H2,1H3. The maximum atomic E-state index is 5.98. The highest BCUT2D eigenvalue weighted by Crippen LogP contribution is 2.22. The lowest BCUT2D eigenvalue weighted by Gasteiger charge is -2.04. The van der Waals surface area contributed by atoms with Crippen molar-refractivity contribution in [1.82, 2.24) is 10.1 Å². The molecule has 6 heteroatoms. The number of hydrogen-bond donors (Lipinski definition) is 1. The number of methoxy groups -OCH3 is 1. The van der Waals surface area contributed by atoms with Gasteiger partial charge in [-0.25, -0.2) is 0 Å². The summed E-state index contributed by atoms with van der Waals surface area (Å²) in [5.74, 6) is 0.936. The highest BCUT2D eigenvalue weighted by atomic mass is 35.5. The van der Waals surface area contributed by atoms with Crippen LogP contribution in [0.3, 0.4) is 0 Å². The van der Waals surface area contributed by atoms with Gasteiger partial charge in [-0.2, -0.15) is 4.98 Å². The molecule has 2 N–H and O–H groups in total. The largest absolute Gasteiger partial charge is 0.385 e. The van der Waals surface area contributed by atoms with Gasteiger partial charge in [-0.3, -0.25) is 0 Å². The maximum absolute atomic E-state index is 5.98. The predicted octanol–water partition coefficient (Wildman–Crippen LogP) is 2.82. The monoisotopic (exact) mass is 281 g/mol. The molecule has 0 saturated carbocycles. The summed E-state index contributed by atoms with van der Waals surface area (Å²) in [5, 5.41) is 4.55. The Kier molecular flexibility index (Phi) is 4.90. The highest BCUT2D eigenvalue weighted by Gasteiger charge is 2.15. The molecule has 102 valence electrons. The van der Waals surface area contributed by atoms with Gasteiger partial charge in [0.05, 0.1) is 6.04 Å². The summed E-state index contributed by atoms with van der Waals surface area (Å²) < 4.78 is 10.2. The minimum Gasteiger partial charge on any atom is -0.385 e. The highest BCUT2D eigenvalue weighted by molar-refractivity contribution is 6.30. The lowest BCUT2D eigenvalue weighted by Crippen LogP contribution is -2.11. The SMILES string of the molecule is COCCCC(N)c1nc(-c2cccc(Cl)c2)no1. The first-order valence-corrected chi connectivity index (χ1v) is 6.42. The Morgan fingerprint density at radius 1 is 1.47 bits per heavy atom. The fourth-order valence-electron chi connectivity index (χ4n) is 1.70. The first-order chi connectivity index (χ1) is 9.20. The van der Waals surface area contributed by atoms with Crippen LogP contribution in [0.2, 0.25) is 5.02 Å². The van der Waals surface area contributed by atoms with Gasteiger partial charge >= 0.3 is 0 Å². The number of nitrogens with zero attached hydrogens (tertiary/aromatic N) is 2.